The van der Waals surface area contributed by atoms with Crippen LogP contribution in [0.25, 0.3) is 0 Å². The minimum absolute atomic E-state index is 0.346. The highest BCUT2D eigenvalue weighted by Crippen LogP contribution is 2.34. The van der Waals surface area contributed by atoms with Gasteiger partial charge < -0.3 is 15.4 Å². The number of urea groups is 1. The standard InChI is InChI=1S/C15H17BrN2O3/c1-3-8-21-14(19)12-9(2)17-15(20)18-13(12)10-6-4-5-7-11(10)16/h4-7,12-13H,2-3,8H2,1H3,(H2,17,18,20)/t12-,13+/m1/s1. The van der Waals surface area contributed by atoms with Crippen molar-refractivity contribution in [3.05, 3.63) is 46.6 Å². The van der Waals surface area contributed by atoms with Gasteiger partial charge in [-0.2, -0.15) is 0 Å². The maximum absolute atomic E-state index is 12.3. The number of carbonyl (C=O) groups is 2. The maximum atomic E-state index is 12.3. The van der Waals surface area contributed by atoms with Gasteiger partial charge in [-0.15, -0.1) is 0 Å². The summed E-state index contributed by atoms with van der Waals surface area (Å²) in [4.78, 5) is 24.0. The highest BCUT2D eigenvalue weighted by Gasteiger charge is 2.39. The SMILES string of the molecule is C=C1NC(=O)N[C@@H](c2ccccc2Br)[C@@H]1C(=O)OCCC. The number of hydrogen-bond donors (Lipinski definition) is 2. The first-order chi connectivity index (χ1) is 10.0. The van der Waals surface area contributed by atoms with Crippen molar-refractivity contribution in [2.45, 2.75) is 19.4 Å². The number of carbonyl (C=O) groups excluding carboxylic acids is 2. The van der Waals surface area contributed by atoms with Crippen molar-refractivity contribution < 1.29 is 14.3 Å². The molecular formula is C15H17BrN2O3. The van der Waals surface area contributed by atoms with Gasteiger partial charge in [0.2, 0.25) is 0 Å². The lowest BCUT2D eigenvalue weighted by molar-refractivity contribution is -0.148. The molecule has 112 valence electrons. The van der Waals surface area contributed by atoms with Crippen LogP contribution >= 0.6 is 15.9 Å². The third kappa shape index (κ3) is 3.44. The Hall–Kier alpha value is -1.82. The van der Waals surface area contributed by atoms with E-state index in [1.807, 2.05) is 31.2 Å². The quantitative estimate of drug-likeness (QED) is 0.818. The van der Waals surface area contributed by atoms with Crippen molar-refractivity contribution in [3.63, 3.8) is 0 Å². The maximum Gasteiger partial charge on any atom is 0.319 e. The van der Waals surface area contributed by atoms with Crippen molar-refractivity contribution >= 4 is 27.9 Å². The fraction of sp³-hybridized carbons (Fsp3) is 0.333. The second kappa shape index (κ2) is 6.76. The molecule has 2 amide bonds. The molecular weight excluding hydrogens is 336 g/mol. The van der Waals surface area contributed by atoms with Gasteiger partial charge in [0, 0.05) is 10.2 Å². The highest BCUT2D eigenvalue weighted by atomic mass is 79.9. The van der Waals surface area contributed by atoms with Crippen LogP contribution in [0.15, 0.2) is 41.0 Å². The van der Waals surface area contributed by atoms with Crippen LogP contribution in [0.2, 0.25) is 0 Å². The molecule has 0 radical (unpaired) electrons. The van der Waals surface area contributed by atoms with E-state index in [0.717, 1.165) is 16.5 Å². The molecule has 0 bridgehead atoms. The van der Waals surface area contributed by atoms with E-state index in [0.29, 0.717) is 12.3 Å². The van der Waals surface area contributed by atoms with Crippen molar-refractivity contribution in [1.82, 2.24) is 10.6 Å². The Balaban J connectivity index is 2.33. The van der Waals surface area contributed by atoms with Gasteiger partial charge in [-0.1, -0.05) is 47.6 Å². The number of amides is 2. The molecule has 2 rings (SSSR count). The van der Waals surface area contributed by atoms with Crippen molar-refractivity contribution in [3.8, 4) is 0 Å². The molecule has 1 aromatic rings. The number of hydrogen-bond acceptors (Lipinski definition) is 3. The molecule has 1 aliphatic heterocycles. The Morgan fingerprint density at radius 2 is 2.14 bits per heavy atom. The van der Waals surface area contributed by atoms with Crippen LogP contribution in [-0.2, 0) is 9.53 Å². The number of benzene rings is 1. The lowest BCUT2D eigenvalue weighted by Crippen LogP contribution is -2.51. The Morgan fingerprint density at radius 1 is 1.43 bits per heavy atom. The summed E-state index contributed by atoms with van der Waals surface area (Å²) < 4.78 is 6.04. The van der Waals surface area contributed by atoms with E-state index in [4.69, 9.17) is 4.74 Å². The first-order valence-electron chi connectivity index (χ1n) is 6.72. The average Bonchev–Trinajstić information content (AvgIpc) is 2.44. The predicted octanol–water partition coefficient (Wildman–Crippen LogP) is 2.89. The minimum Gasteiger partial charge on any atom is -0.465 e. The fourth-order valence-corrected chi connectivity index (χ4v) is 2.77. The average molecular weight is 353 g/mol. The summed E-state index contributed by atoms with van der Waals surface area (Å²) in [5, 5.41) is 5.31. The number of rotatable bonds is 4. The normalized spacial score (nSPS) is 21.4. The summed E-state index contributed by atoms with van der Waals surface area (Å²) in [6.07, 6.45) is 0.740. The molecule has 1 heterocycles. The highest BCUT2D eigenvalue weighted by molar-refractivity contribution is 9.10. The molecule has 1 fully saturated rings. The van der Waals surface area contributed by atoms with E-state index in [1.54, 1.807) is 0 Å². The summed E-state index contributed by atoms with van der Waals surface area (Å²) in [5.74, 6) is -1.05. The topological polar surface area (TPSA) is 67.4 Å². The van der Waals surface area contributed by atoms with Crippen LogP contribution in [0.1, 0.15) is 24.9 Å². The van der Waals surface area contributed by atoms with Gasteiger partial charge in [0.25, 0.3) is 0 Å². The Bertz CT molecular complexity index is 574. The van der Waals surface area contributed by atoms with Gasteiger partial charge in [-0.05, 0) is 18.1 Å². The van der Waals surface area contributed by atoms with E-state index in [2.05, 4.69) is 33.1 Å². The molecule has 1 aromatic carbocycles. The van der Waals surface area contributed by atoms with E-state index in [-0.39, 0.29) is 6.03 Å². The van der Waals surface area contributed by atoms with Gasteiger partial charge in [0.15, 0.2) is 0 Å². The number of halogens is 1. The van der Waals surface area contributed by atoms with E-state index >= 15 is 0 Å². The smallest absolute Gasteiger partial charge is 0.319 e. The monoisotopic (exact) mass is 352 g/mol. The van der Waals surface area contributed by atoms with Gasteiger partial charge >= 0.3 is 12.0 Å². The van der Waals surface area contributed by atoms with E-state index < -0.39 is 17.9 Å². The molecule has 0 aliphatic carbocycles. The van der Waals surface area contributed by atoms with Gasteiger partial charge in [-0.25, -0.2) is 4.79 Å². The second-order valence-electron chi connectivity index (χ2n) is 4.77. The van der Waals surface area contributed by atoms with Crippen molar-refractivity contribution in [1.29, 1.82) is 0 Å². The lowest BCUT2D eigenvalue weighted by Gasteiger charge is -2.33. The van der Waals surface area contributed by atoms with Crippen LogP contribution in [0.3, 0.4) is 0 Å². The number of esters is 1. The van der Waals surface area contributed by atoms with E-state index in [1.165, 1.54) is 0 Å². The number of nitrogens with one attached hydrogen (secondary N) is 2. The van der Waals surface area contributed by atoms with Crippen LogP contribution in [0.4, 0.5) is 4.79 Å². The molecule has 0 saturated carbocycles. The first-order valence-corrected chi connectivity index (χ1v) is 7.51. The molecule has 0 spiro atoms. The van der Waals surface area contributed by atoms with Gasteiger partial charge in [0.1, 0.15) is 5.92 Å². The zero-order valence-corrected chi connectivity index (χ0v) is 13.3. The Labute approximate surface area is 131 Å². The minimum atomic E-state index is -0.659. The summed E-state index contributed by atoms with van der Waals surface area (Å²) in [5.41, 5.74) is 1.16. The third-order valence-electron chi connectivity index (χ3n) is 3.21. The summed E-state index contributed by atoms with van der Waals surface area (Å²) >= 11 is 3.45. The zero-order chi connectivity index (χ0) is 15.4. The summed E-state index contributed by atoms with van der Waals surface area (Å²) in [6, 6.07) is 6.56. The molecule has 1 saturated heterocycles. The Kier molecular flexibility index (Phi) is 5.01. The molecule has 0 unspecified atom stereocenters. The van der Waals surface area contributed by atoms with E-state index in [9.17, 15) is 9.59 Å². The largest absolute Gasteiger partial charge is 0.465 e. The van der Waals surface area contributed by atoms with Gasteiger partial charge in [0.05, 0.1) is 12.6 Å². The van der Waals surface area contributed by atoms with Crippen molar-refractivity contribution in [2.75, 3.05) is 6.61 Å². The summed E-state index contributed by atoms with van der Waals surface area (Å²) in [6.45, 7) is 6.06. The molecule has 5 nitrogen and oxygen atoms in total. The third-order valence-corrected chi connectivity index (χ3v) is 3.93. The number of ether oxygens (including phenoxy) is 1. The molecule has 2 N–H and O–H groups in total. The first kappa shape index (κ1) is 15.6. The molecule has 6 heteroatoms. The lowest BCUT2D eigenvalue weighted by atomic mass is 9.89. The van der Waals surface area contributed by atoms with Crippen molar-refractivity contribution in [2.24, 2.45) is 5.92 Å². The molecule has 2 atom stereocenters. The second-order valence-corrected chi connectivity index (χ2v) is 5.62. The molecule has 0 aromatic heterocycles. The molecule has 21 heavy (non-hydrogen) atoms. The Morgan fingerprint density at radius 3 is 2.81 bits per heavy atom. The van der Waals surface area contributed by atoms with Crippen LogP contribution in [0, 0.1) is 5.92 Å². The van der Waals surface area contributed by atoms with Crippen LogP contribution < -0.4 is 10.6 Å². The predicted molar refractivity (Wildman–Crippen MR) is 82.4 cm³/mol. The van der Waals surface area contributed by atoms with Gasteiger partial charge in [-0.3, -0.25) is 4.79 Å². The van der Waals surface area contributed by atoms with Crippen LogP contribution in [-0.4, -0.2) is 18.6 Å². The van der Waals surface area contributed by atoms with Crippen LogP contribution in [0.5, 0.6) is 0 Å². The fourth-order valence-electron chi connectivity index (χ4n) is 2.24. The molecule has 1 aliphatic rings. The zero-order valence-electron chi connectivity index (χ0n) is 11.7. The summed E-state index contributed by atoms with van der Waals surface area (Å²) in [7, 11) is 0.